The molecule has 1 nitrogen and oxygen atoms in total. The molecule has 1 aromatic rings. The van der Waals surface area contributed by atoms with Crippen LogP contribution in [0.4, 0.5) is 8.78 Å². The van der Waals surface area contributed by atoms with E-state index in [-0.39, 0.29) is 5.56 Å². The molecule has 0 amide bonds. The fraction of sp³-hybridized carbons (Fsp3) is 0.200. The van der Waals surface area contributed by atoms with E-state index in [0.29, 0.717) is 5.56 Å². The van der Waals surface area contributed by atoms with Gasteiger partial charge in [-0.2, -0.15) is 5.26 Å². The zero-order chi connectivity index (χ0) is 9.84. The summed E-state index contributed by atoms with van der Waals surface area (Å²) in [5, 5.41) is 8.52. The van der Waals surface area contributed by atoms with Gasteiger partial charge in [-0.3, -0.25) is 4.39 Å². The highest BCUT2D eigenvalue weighted by Crippen LogP contribution is 2.20. The van der Waals surface area contributed by atoms with Crippen LogP contribution in [-0.4, -0.2) is 6.67 Å². The minimum atomic E-state index is -0.742. The van der Waals surface area contributed by atoms with E-state index in [9.17, 15) is 8.78 Å². The average molecular weight is 180 g/mol. The van der Waals surface area contributed by atoms with Gasteiger partial charge in [0.05, 0.1) is 18.3 Å². The van der Waals surface area contributed by atoms with Gasteiger partial charge in [0.2, 0.25) is 0 Å². The minimum Gasteiger partial charge on any atom is -0.250 e. The van der Waals surface area contributed by atoms with Gasteiger partial charge in [0.25, 0.3) is 0 Å². The Kier molecular flexibility index (Phi) is 2.97. The number of hydrogen-bond acceptors (Lipinski definition) is 1. The highest BCUT2D eigenvalue weighted by atomic mass is 19.1. The molecule has 67 valence electrons. The lowest BCUT2D eigenvalue weighted by molar-refractivity contribution is 0.455. The van der Waals surface area contributed by atoms with Crippen molar-refractivity contribution in [1.82, 2.24) is 0 Å². The Hall–Kier alpha value is -1.43. The van der Waals surface area contributed by atoms with Crippen molar-refractivity contribution in [2.45, 2.75) is 5.92 Å². The quantitative estimate of drug-likeness (QED) is 0.686. The van der Waals surface area contributed by atoms with E-state index in [4.69, 9.17) is 5.26 Å². The maximum absolute atomic E-state index is 13.0. The molecule has 0 fully saturated rings. The van der Waals surface area contributed by atoms with Crippen LogP contribution in [0.5, 0.6) is 0 Å². The molecule has 3 heteroatoms. The molecule has 1 radical (unpaired) electrons. The second-order valence-electron chi connectivity index (χ2n) is 2.70. The van der Waals surface area contributed by atoms with Gasteiger partial charge in [0.1, 0.15) is 5.82 Å². The second-order valence-corrected chi connectivity index (χ2v) is 2.70. The monoisotopic (exact) mass is 180 g/mol. The Morgan fingerprint density at radius 1 is 1.54 bits per heavy atom. The van der Waals surface area contributed by atoms with Crippen molar-refractivity contribution in [1.29, 1.82) is 5.26 Å². The smallest absolute Gasteiger partial charge is 0.126 e. The Labute approximate surface area is 75.6 Å². The van der Waals surface area contributed by atoms with E-state index in [2.05, 4.69) is 6.92 Å². The van der Waals surface area contributed by atoms with Crippen LogP contribution >= 0.6 is 0 Å². The molecule has 0 aromatic heterocycles. The van der Waals surface area contributed by atoms with Gasteiger partial charge in [-0.15, -0.1) is 0 Å². The lowest BCUT2D eigenvalue weighted by Crippen LogP contribution is -2.00. The average Bonchev–Trinajstić information content (AvgIpc) is 2.17. The molecular weight excluding hydrogens is 172 g/mol. The summed E-state index contributed by atoms with van der Waals surface area (Å²) in [5.41, 5.74) is 0.472. The number of nitriles is 1. The third kappa shape index (κ3) is 2.03. The summed E-state index contributed by atoms with van der Waals surface area (Å²) < 4.78 is 25.2. The molecule has 0 N–H and O–H groups in total. The van der Waals surface area contributed by atoms with Crippen LogP contribution in [0.25, 0.3) is 0 Å². The first-order valence-electron chi connectivity index (χ1n) is 3.77. The van der Waals surface area contributed by atoms with Crippen molar-refractivity contribution in [2.75, 3.05) is 6.67 Å². The lowest BCUT2D eigenvalue weighted by atomic mass is 10.00. The first-order chi connectivity index (χ1) is 6.19. The number of alkyl halides is 1. The van der Waals surface area contributed by atoms with Crippen LogP contribution in [0.2, 0.25) is 0 Å². The summed E-state index contributed by atoms with van der Waals surface area (Å²) in [5.74, 6) is -1.26. The molecule has 1 atom stereocenters. The molecule has 0 spiro atoms. The number of benzene rings is 1. The number of hydrogen-bond donors (Lipinski definition) is 0. The summed E-state index contributed by atoms with van der Waals surface area (Å²) in [7, 11) is 0. The predicted octanol–water partition coefficient (Wildman–Crippen LogP) is 2.58. The Morgan fingerprint density at radius 3 is 2.77 bits per heavy atom. The maximum Gasteiger partial charge on any atom is 0.126 e. The van der Waals surface area contributed by atoms with Crippen molar-refractivity contribution < 1.29 is 8.78 Å². The molecule has 1 rings (SSSR count). The van der Waals surface area contributed by atoms with E-state index in [1.807, 2.05) is 6.07 Å². The molecule has 13 heavy (non-hydrogen) atoms. The standard InChI is InChI=1S/C10H8F2N/c1-7(5-11)9-4-8(6-13)2-3-10(9)12/h2-4,7H,1,5H2. The molecule has 0 bridgehead atoms. The Bertz CT molecular complexity index is 341. The van der Waals surface area contributed by atoms with Gasteiger partial charge in [-0.05, 0) is 30.7 Å². The summed E-state index contributed by atoms with van der Waals surface area (Å²) in [6.45, 7) is 2.71. The molecule has 0 aliphatic heterocycles. The van der Waals surface area contributed by atoms with Crippen molar-refractivity contribution in [3.05, 3.63) is 42.1 Å². The van der Waals surface area contributed by atoms with Crippen molar-refractivity contribution in [2.24, 2.45) is 0 Å². The van der Waals surface area contributed by atoms with E-state index >= 15 is 0 Å². The van der Waals surface area contributed by atoms with Gasteiger partial charge in [-0.25, -0.2) is 4.39 Å². The van der Waals surface area contributed by atoms with Crippen molar-refractivity contribution >= 4 is 0 Å². The van der Waals surface area contributed by atoms with E-state index in [1.165, 1.54) is 12.1 Å². The van der Waals surface area contributed by atoms with Crippen LogP contribution in [0, 0.1) is 24.1 Å². The molecular formula is C10H8F2N. The van der Waals surface area contributed by atoms with Gasteiger partial charge >= 0.3 is 0 Å². The normalized spacial score (nSPS) is 12.2. The topological polar surface area (TPSA) is 23.8 Å². The first kappa shape index (κ1) is 9.66. The molecule has 1 unspecified atom stereocenters. The SMILES string of the molecule is [CH2]C(CF)c1cc(C#N)ccc1F. The van der Waals surface area contributed by atoms with Gasteiger partial charge in [-0.1, -0.05) is 0 Å². The highest BCUT2D eigenvalue weighted by Gasteiger charge is 2.11. The third-order valence-electron chi connectivity index (χ3n) is 1.75. The van der Waals surface area contributed by atoms with Gasteiger partial charge in [0, 0.05) is 5.92 Å². The minimum absolute atomic E-state index is 0.154. The Morgan fingerprint density at radius 2 is 2.23 bits per heavy atom. The van der Waals surface area contributed by atoms with Gasteiger partial charge in [0.15, 0.2) is 0 Å². The van der Waals surface area contributed by atoms with Crippen LogP contribution in [0.3, 0.4) is 0 Å². The van der Waals surface area contributed by atoms with E-state index in [1.54, 1.807) is 0 Å². The summed E-state index contributed by atoms with van der Waals surface area (Å²) in [4.78, 5) is 0. The zero-order valence-electron chi connectivity index (χ0n) is 6.93. The third-order valence-corrected chi connectivity index (χ3v) is 1.75. The van der Waals surface area contributed by atoms with Crippen LogP contribution < -0.4 is 0 Å². The predicted molar refractivity (Wildman–Crippen MR) is 45.2 cm³/mol. The highest BCUT2D eigenvalue weighted by molar-refractivity contribution is 5.35. The van der Waals surface area contributed by atoms with Crippen LogP contribution in [-0.2, 0) is 0 Å². The number of halogens is 2. The fourth-order valence-electron chi connectivity index (χ4n) is 1.01. The second kappa shape index (κ2) is 3.99. The molecule has 0 saturated heterocycles. The zero-order valence-corrected chi connectivity index (χ0v) is 6.93. The molecule has 0 saturated carbocycles. The number of nitrogens with zero attached hydrogens (tertiary/aromatic N) is 1. The summed E-state index contributed by atoms with van der Waals surface area (Å²) in [6.07, 6.45) is 0. The molecule has 0 aliphatic rings. The summed E-state index contributed by atoms with van der Waals surface area (Å²) >= 11 is 0. The van der Waals surface area contributed by atoms with E-state index < -0.39 is 18.4 Å². The molecule has 1 aromatic carbocycles. The first-order valence-corrected chi connectivity index (χ1v) is 3.77. The fourth-order valence-corrected chi connectivity index (χ4v) is 1.01. The molecule has 0 aliphatic carbocycles. The maximum atomic E-state index is 13.0. The van der Waals surface area contributed by atoms with Crippen molar-refractivity contribution in [3.8, 4) is 6.07 Å². The summed E-state index contributed by atoms with van der Waals surface area (Å²) in [6, 6.07) is 5.69. The Balaban J connectivity index is 3.12. The largest absolute Gasteiger partial charge is 0.250 e. The van der Waals surface area contributed by atoms with Crippen molar-refractivity contribution in [3.63, 3.8) is 0 Å². The number of rotatable bonds is 2. The van der Waals surface area contributed by atoms with Gasteiger partial charge < -0.3 is 0 Å². The van der Waals surface area contributed by atoms with E-state index in [0.717, 1.165) is 6.07 Å². The lowest BCUT2D eigenvalue weighted by Gasteiger charge is -2.07. The van der Waals surface area contributed by atoms with Crippen LogP contribution in [0.15, 0.2) is 18.2 Å². The van der Waals surface area contributed by atoms with Crippen LogP contribution in [0.1, 0.15) is 17.0 Å². The molecule has 0 heterocycles.